The van der Waals surface area contributed by atoms with E-state index in [0.29, 0.717) is 0 Å². The highest BCUT2D eigenvalue weighted by molar-refractivity contribution is 7.18. The summed E-state index contributed by atoms with van der Waals surface area (Å²) in [7, 11) is 1.37. The molecular formula is C21H23N3O5S. The van der Waals surface area contributed by atoms with Gasteiger partial charge < -0.3 is 19.9 Å². The molecule has 9 heteroatoms. The number of amides is 1. The fourth-order valence-corrected chi connectivity index (χ4v) is 3.88. The van der Waals surface area contributed by atoms with Crippen molar-refractivity contribution in [2.24, 2.45) is 0 Å². The van der Waals surface area contributed by atoms with Gasteiger partial charge in [-0.05, 0) is 26.0 Å². The third-order valence-corrected chi connectivity index (χ3v) is 5.97. The second-order valence-electron chi connectivity index (χ2n) is 6.86. The fourth-order valence-electron chi connectivity index (χ4n) is 2.76. The van der Waals surface area contributed by atoms with E-state index in [2.05, 4.69) is 15.3 Å². The smallest absolute Gasteiger partial charge is 0.328 e. The Morgan fingerprint density at radius 2 is 1.90 bits per heavy atom. The monoisotopic (exact) mass is 429 g/mol. The molecule has 1 amide bonds. The summed E-state index contributed by atoms with van der Waals surface area (Å²) >= 11 is 1.56. The molecule has 8 nitrogen and oxygen atoms in total. The van der Waals surface area contributed by atoms with Crippen LogP contribution in [0.15, 0.2) is 36.5 Å². The highest BCUT2D eigenvalue weighted by Crippen LogP contribution is 2.30. The van der Waals surface area contributed by atoms with Gasteiger partial charge in [-0.2, -0.15) is 0 Å². The van der Waals surface area contributed by atoms with E-state index < -0.39 is 29.8 Å². The summed E-state index contributed by atoms with van der Waals surface area (Å²) < 4.78 is 11.6. The molecule has 30 heavy (non-hydrogen) atoms. The number of rotatable bonds is 7. The van der Waals surface area contributed by atoms with Crippen molar-refractivity contribution in [1.82, 2.24) is 15.3 Å². The first-order valence-corrected chi connectivity index (χ1v) is 10.2. The quantitative estimate of drug-likeness (QED) is 0.555. The molecule has 3 aromatic rings. The molecule has 3 rings (SSSR count). The first kappa shape index (κ1) is 21.5. The number of nitrogens with one attached hydrogen (secondary N) is 1. The van der Waals surface area contributed by atoms with Crippen molar-refractivity contribution < 1.29 is 24.2 Å². The van der Waals surface area contributed by atoms with E-state index in [1.165, 1.54) is 26.3 Å². The standard InChI is InChI=1S/C21H23N3O5S/c1-11(20-24-14-7-5-6-8-16(14)30-20)13(3)29-21(27)12(2)23-19(26)17-18(25)15(28-4)9-10-22-17/h5-13,25H,1-4H3,(H,23,26)/t11?,12-,13?/m0/s1. The molecule has 0 radical (unpaired) electrons. The lowest BCUT2D eigenvalue weighted by atomic mass is 10.1. The molecule has 2 unspecified atom stereocenters. The maximum Gasteiger partial charge on any atom is 0.328 e. The van der Waals surface area contributed by atoms with Gasteiger partial charge in [0.15, 0.2) is 17.2 Å². The van der Waals surface area contributed by atoms with Gasteiger partial charge in [-0.3, -0.25) is 4.79 Å². The molecule has 0 aliphatic heterocycles. The number of aromatic hydroxyl groups is 1. The Labute approximate surface area is 177 Å². The minimum Gasteiger partial charge on any atom is -0.503 e. The normalized spacial score (nSPS) is 14.0. The van der Waals surface area contributed by atoms with Crippen LogP contribution in [-0.2, 0) is 9.53 Å². The van der Waals surface area contributed by atoms with Crippen LogP contribution in [0.2, 0.25) is 0 Å². The minimum absolute atomic E-state index is 0.113. The van der Waals surface area contributed by atoms with Crippen LogP contribution in [0, 0.1) is 0 Å². The highest BCUT2D eigenvalue weighted by Gasteiger charge is 2.26. The van der Waals surface area contributed by atoms with E-state index in [0.717, 1.165) is 15.2 Å². The maximum absolute atomic E-state index is 12.5. The second kappa shape index (κ2) is 9.08. The largest absolute Gasteiger partial charge is 0.503 e. The number of esters is 1. The lowest BCUT2D eigenvalue weighted by Crippen LogP contribution is -2.41. The van der Waals surface area contributed by atoms with Crippen LogP contribution in [-0.4, -0.2) is 46.2 Å². The number of aromatic nitrogens is 2. The Morgan fingerprint density at radius 3 is 2.60 bits per heavy atom. The molecule has 0 bridgehead atoms. The van der Waals surface area contributed by atoms with Gasteiger partial charge >= 0.3 is 5.97 Å². The minimum atomic E-state index is -0.935. The number of hydrogen-bond acceptors (Lipinski definition) is 8. The molecular weight excluding hydrogens is 406 g/mol. The second-order valence-corrected chi connectivity index (χ2v) is 7.92. The van der Waals surface area contributed by atoms with Crippen molar-refractivity contribution in [3.63, 3.8) is 0 Å². The molecule has 0 saturated heterocycles. The molecule has 0 saturated carbocycles. The van der Waals surface area contributed by atoms with Crippen LogP contribution in [0.3, 0.4) is 0 Å². The number of para-hydroxylation sites is 1. The van der Waals surface area contributed by atoms with E-state index in [1.54, 1.807) is 18.3 Å². The van der Waals surface area contributed by atoms with Gasteiger partial charge in [0.2, 0.25) is 0 Å². The number of thiazole rings is 1. The first-order valence-electron chi connectivity index (χ1n) is 9.40. The van der Waals surface area contributed by atoms with Crippen LogP contribution in [0.4, 0.5) is 0 Å². The number of carbonyl (C=O) groups is 2. The third kappa shape index (κ3) is 4.51. The number of carbonyl (C=O) groups excluding carboxylic acids is 2. The topological polar surface area (TPSA) is 111 Å². The Bertz CT molecular complexity index is 1030. The lowest BCUT2D eigenvalue weighted by Gasteiger charge is -2.21. The fraction of sp³-hybridized carbons (Fsp3) is 0.333. The summed E-state index contributed by atoms with van der Waals surface area (Å²) in [4.78, 5) is 33.3. The molecule has 0 aliphatic rings. The molecule has 158 valence electrons. The Kier molecular flexibility index (Phi) is 6.51. The highest BCUT2D eigenvalue weighted by atomic mass is 32.1. The van der Waals surface area contributed by atoms with Gasteiger partial charge in [0.25, 0.3) is 5.91 Å². The molecule has 2 N–H and O–H groups in total. The predicted molar refractivity (Wildman–Crippen MR) is 113 cm³/mol. The van der Waals surface area contributed by atoms with Crippen molar-refractivity contribution in [2.75, 3.05) is 7.11 Å². The van der Waals surface area contributed by atoms with Gasteiger partial charge in [0, 0.05) is 18.2 Å². The maximum atomic E-state index is 12.5. The van der Waals surface area contributed by atoms with Crippen molar-refractivity contribution in [1.29, 1.82) is 0 Å². The lowest BCUT2D eigenvalue weighted by molar-refractivity contribution is -0.151. The van der Waals surface area contributed by atoms with Crippen molar-refractivity contribution in [3.8, 4) is 11.5 Å². The van der Waals surface area contributed by atoms with Crippen LogP contribution in [0.25, 0.3) is 10.2 Å². The van der Waals surface area contributed by atoms with Gasteiger partial charge in [0.05, 0.1) is 17.3 Å². The molecule has 2 aromatic heterocycles. The Balaban J connectivity index is 1.62. The number of ether oxygens (including phenoxy) is 2. The SMILES string of the molecule is COc1ccnc(C(=O)N[C@@H](C)C(=O)OC(C)C(C)c2nc3ccccc3s2)c1O. The van der Waals surface area contributed by atoms with Gasteiger partial charge in [0.1, 0.15) is 17.2 Å². The molecule has 3 atom stereocenters. The van der Waals surface area contributed by atoms with E-state index in [-0.39, 0.29) is 17.4 Å². The van der Waals surface area contributed by atoms with Gasteiger partial charge in [-0.1, -0.05) is 19.1 Å². The number of hydrogen-bond donors (Lipinski definition) is 2. The zero-order valence-corrected chi connectivity index (χ0v) is 17.9. The van der Waals surface area contributed by atoms with Crippen LogP contribution < -0.4 is 10.1 Å². The molecule has 0 aliphatic carbocycles. The Hall–Kier alpha value is -3.20. The summed E-state index contributed by atoms with van der Waals surface area (Å²) in [6, 6.07) is 8.32. The van der Waals surface area contributed by atoms with Crippen LogP contribution >= 0.6 is 11.3 Å². The molecule has 1 aromatic carbocycles. The molecule has 0 spiro atoms. The Morgan fingerprint density at radius 1 is 1.17 bits per heavy atom. The van der Waals surface area contributed by atoms with Crippen molar-refractivity contribution >= 4 is 33.4 Å². The number of nitrogens with zero attached hydrogens (tertiary/aromatic N) is 2. The molecule has 2 heterocycles. The number of benzene rings is 1. The van der Waals surface area contributed by atoms with E-state index in [4.69, 9.17) is 9.47 Å². The average molecular weight is 429 g/mol. The zero-order valence-electron chi connectivity index (χ0n) is 17.1. The summed E-state index contributed by atoms with van der Waals surface area (Å²) in [5.74, 6) is -1.69. The summed E-state index contributed by atoms with van der Waals surface area (Å²) in [5, 5.41) is 13.4. The predicted octanol–water partition coefficient (Wildman–Crippen LogP) is 3.26. The van der Waals surface area contributed by atoms with Crippen LogP contribution in [0.5, 0.6) is 11.5 Å². The number of methoxy groups -OCH3 is 1. The third-order valence-electron chi connectivity index (χ3n) is 4.73. The van der Waals surface area contributed by atoms with Crippen molar-refractivity contribution in [3.05, 3.63) is 47.2 Å². The zero-order chi connectivity index (χ0) is 21.8. The summed E-state index contributed by atoms with van der Waals surface area (Å²) in [6.45, 7) is 5.24. The van der Waals surface area contributed by atoms with E-state index >= 15 is 0 Å². The van der Waals surface area contributed by atoms with Crippen molar-refractivity contribution in [2.45, 2.75) is 38.8 Å². The van der Waals surface area contributed by atoms with Crippen LogP contribution in [0.1, 0.15) is 42.2 Å². The summed E-state index contributed by atoms with van der Waals surface area (Å²) in [5.41, 5.74) is 0.680. The number of pyridine rings is 1. The van der Waals surface area contributed by atoms with E-state index in [9.17, 15) is 14.7 Å². The van der Waals surface area contributed by atoms with Gasteiger partial charge in [-0.15, -0.1) is 11.3 Å². The molecule has 0 fully saturated rings. The van der Waals surface area contributed by atoms with Gasteiger partial charge in [-0.25, -0.2) is 14.8 Å². The summed E-state index contributed by atoms with van der Waals surface area (Å²) in [6.07, 6.45) is 0.888. The number of fused-ring (bicyclic) bond motifs is 1. The average Bonchev–Trinajstić information content (AvgIpc) is 3.17. The first-order chi connectivity index (χ1) is 14.3. The van der Waals surface area contributed by atoms with E-state index in [1.807, 2.05) is 31.2 Å².